The highest BCUT2D eigenvalue weighted by molar-refractivity contribution is 5.95. The van der Waals surface area contributed by atoms with E-state index in [2.05, 4.69) is 80.7 Å². The molecule has 4 N–H and O–H groups in total. The van der Waals surface area contributed by atoms with Crippen molar-refractivity contribution in [1.29, 1.82) is 0 Å². The summed E-state index contributed by atoms with van der Waals surface area (Å²) in [6.07, 6.45) is 0. The molecule has 0 aliphatic rings. The summed E-state index contributed by atoms with van der Waals surface area (Å²) in [5.74, 6) is 0. The molecule has 5 rings (SSSR count). The van der Waals surface area contributed by atoms with Crippen molar-refractivity contribution in [1.82, 2.24) is 20.1 Å². The van der Waals surface area contributed by atoms with Gasteiger partial charge >= 0.3 is 0 Å². The summed E-state index contributed by atoms with van der Waals surface area (Å²) in [5, 5.41) is 9.96. The quantitative estimate of drug-likeness (QED) is 0.375. The smallest absolute Gasteiger partial charge is 0.116 e. The second-order valence-electron chi connectivity index (χ2n) is 7.71. The minimum absolute atomic E-state index is 0.648. The summed E-state index contributed by atoms with van der Waals surface area (Å²) in [6, 6.07) is 27.6. The second-order valence-corrected chi connectivity index (χ2v) is 7.71. The molecule has 3 aromatic carbocycles. The molecule has 0 radical (unpaired) electrons. The monoisotopic (exact) mass is 395 g/mol. The lowest BCUT2D eigenvalue weighted by atomic mass is 10.1. The van der Waals surface area contributed by atoms with E-state index in [9.17, 15) is 0 Å². The van der Waals surface area contributed by atoms with E-state index in [1.54, 1.807) is 0 Å². The molecule has 0 unspecified atom stereocenters. The molecule has 5 nitrogen and oxygen atoms in total. The molecule has 0 fully saturated rings. The third-order valence-electron chi connectivity index (χ3n) is 5.51. The molecule has 5 heteroatoms. The van der Waals surface area contributed by atoms with Crippen LogP contribution in [-0.2, 0) is 13.1 Å². The molecule has 2 aromatic heterocycles. The first kappa shape index (κ1) is 18.6. The van der Waals surface area contributed by atoms with Crippen molar-refractivity contribution in [3.8, 4) is 11.4 Å². The summed E-state index contributed by atoms with van der Waals surface area (Å²) in [5.41, 5.74) is 12.6. The molecule has 150 valence electrons. The number of nitrogens with two attached hydrogens (primary N) is 1. The molecule has 0 spiro atoms. The van der Waals surface area contributed by atoms with Crippen LogP contribution >= 0.6 is 0 Å². The van der Waals surface area contributed by atoms with E-state index >= 15 is 0 Å². The molecule has 0 saturated carbocycles. The summed E-state index contributed by atoms with van der Waals surface area (Å²) >= 11 is 0. The average molecular weight is 396 g/mol. The fourth-order valence-electron chi connectivity index (χ4n) is 4.07. The maximum Gasteiger partial charge on any atom is 0.116 e. The van der Waals surface area contributed by atoms with Crippen molar-refractivity contribution >= 4 is 21.8 Å². The first-order valence-electron chi connectivity index (χ1n) is 10.3. The summed E-state index contributed by atoms with van der Waals surface area (Å²) in [4.78, 5) is 5.91. The molecule has 0 atom stereocenters. The molecule has 0 aliphatic carbocycles. The summed E-state index contributed by atoms with van der Waals surface area (Å²) in [6.45, 7) is 3.28. The topological polar surface area (TPSA) is 73.7 Å². The number of aromatic amines is 2. The number of nitrogens with zero attached hydrogens (tertiary/aromatic N) is 2. The van der Waals surface area contributed by atoms with Gasteiger partial charge in [-0.1, -0.05) is 54.6 Å². The number of hydrogen-bond donors (Lipinski definition) is 3. The van der Waals surface area contributed by atoms with Crippen LogP contribution in [0.1, 0.15) is 11.1 Å². The van der Waals surface area contributed by atoms with Crippen LogP contribution in [0.3, 0.4) is 0 Å². The number of nitrogens with one attached hydrogen (secondary N) is 2. The van der Waals surface area contributed by atoms with Crippen LogP contribution in [0.5, 0.6) is 0 Å². The first-order chi connectivity index (χ1) is 14.8. The SMILES string of the molecule is NCCN(Cc1ccccc1)Cc1ccc2[nH]c(-c3n[nH]c4ccccc34)cc2c1. The lowest BCUT2D eigenvalue weighted by Gasteiger charge is -2.22. The maximum absolute atomic E-state index is 5.87. The van der Waals surface area contributed by atoms with Crippen LogP contribution < -0.4 is 5.73 Å². The lowest BCUT2D eigenvalue weighted by Crippen LogP contribution is -2.28. The highest BCUT2D eigenvalue weighted by atomic mass is 15.1. The number of H-pyrrole nitrogens is 2. The zero-order chi connectivity index (χ0) is 20.3. The van der Waals surface area contributed by atoms with E-state index in [1.807, 2.05) is 18.2 Å². The highest BCUT2D eigenvalue weighted by Crippen LogP contribution is 2.29. The van der Waals surface area contributed by atoms with Gasteiger partial charge in [0.2, 0.25) is 0 Å². The maximum atomic E-state index is 5.87. The number of aromatic nitrogens is 3. The van der Waals surface area contributed by atoms with Gasteiger partial charge in [-0.2, -0.15) is 5.10 Å². The Morgan fingerprint density at radius 3 is 2.47 bits per heavy atom. The summed E-state index contributed by atoms with van der Waals surface area (Å²) < 4.78 is 0. The van der Waals surface area contributed by atoms with Crippen molar-refractivity contribution in [3.05, 3.63) is 90.0 Å². The second kappa shape index (κ2) is 8.14. The Labute approximate surface area is 175 Å². The number of fused-ring (bicyclic) bond motifs is 2. The van der Waals surface area contributed by atoms with Gasteiger partial charge < -0.3 is 10.7 Å². The van der Waals surface area contributed by atoms with E-state index in [0.29, 0.717) is 6.54 Å². The zero-order valence-corrected chi connectivity index (χ0v) is 16.8. The Morgan fingerprint density at radius 2 is 1.60 bits per heavy atom. The Bertz CT molecular complexity index is 1270. The van der Waals surface area contributed by atoms with Gasteiger partial charge in [0.05, 0.1) is 11.2 Å². The Balaban J connectivity index is 1.41. The zero-order valence-electron chi connectivity index (χ0n) is 16.8. The van der Waals surface area contributed by atoms with Crippen molar-refractivity contribution in [3.63, 3.8) is 0 Å². The van der Waals surface area contributed by atoms with Crippen molar-refractivity contribution in [2.45, 2.75) is 13.1 Å². The Morgan fingerprint density at radius 1 is 0.800 bits per heavy atom. The van der Waals surface area contributed by atoms with Crippen molar-refractivity contribution in [2.24, 2.45) is 5.73 Å². The minimum atomic E-state index is 0.648. The normalized spacial score (nSPS) is 11.7. The summed E-state index contributed by atoms with van der Waals surface area (Å²) in [7, 11) is 0. The molecule has 0 bridgehead atoms. The van der Waals surface area contributed by atoms with Gasteiger partial charge in [-0.3, -0.25) is 10.00 Å². The number of benzene rings is 3. The van der Waals surface area contributed by atoms with Gasteiger partial charge in [0.1, 0.15) is 5.69 Å². The number of rotatable bonds is 7. The third kappa shape index (κ3) is 3.73. The standard InChI is InChI=1S/C25H25N5/c26-12-13-30(16-18-6-2-1-3-7-18)17-19-10-11-22-20(14-19)15-24(27-22)25-21-8-4-5-9-23(21)28-29-25/h1-11,14-15,27H,12-13,16-17,26H2,(H,28,29). The van der Waals surface area contributed by atoms with Crippen LogP contribution in [0, 0.1) is 0 Å². The van der Waals surface area contributed by atoms with Gasteiger partial charge in [-0.25, -0.2) is 0 Å². The van der Waals surface area contributed by atoms with E-state index in [0.717, 1.165) is 47.4 Å². The van der Waals surface area contributed by atoms with Crippen molar-refractivity contribution in [2.75, 3.05) is 13.1 Å². The van der Waals surface area contributed by atoms with E-state index in [1.165, 1.54) is 16.5 Å². The Hall–Kier alpha value is -3.41. The molecule has 2 heterocycles. The molecule has 0 aliphatic heterocycles. The molecule has 0 saturated heterocycles. The van der Waals surface area contributed by atoms with Crippen LogP contribution in [-0.4, -0.2) is 33.2 Å². The minimum Gasteiger partial charge on any atom is -0.353 e. The van der Waals surface area contributed by atoms with Gasteiger partial charge in [0.15, 0.2) is 0 Å². The van der Waals surface area contributed by atoms with E-state index in [-0.39, 0.29) is 0 Å². The van der Waals surface area contributed by atoms with Crippen LogP contribution in [0.4, 0.5) is 0 Å². The fourth-order valence-corrected chi connectivity index (χ4v) is 4.07. The first-order valence-corrected chi connectivity index (χ1v) is 10.3. The van der Waals surface area contributed by atoms with Crippen molar-refractivity contribution < 1.29 is 0 Å². The molecule has 5 aromatic rings. The predicted octanol–water partition coefficient (Wildman–Crippen LogP) is 4.67. The molecule has 0 amide bonds. The third-order valence-corrected chi connectivity index (χ3v) is 5.51. The van der Waals surface area contributed by atoms with E-state index < -0.39 is 0 Å². The van der Waals surface area contributed by atoms with Gasteiger partial charge in [0, 0.05) is 42.5 Å². The fraction of sp³-hybridized carbons (Fsp3) is 0.160. The van der Waals surface area contributed by atoms with Gasteiger partial charge in [-0.15, -0.1) is 0 Å². The largest absolute Gasteiger partial charge is 0.353 e. The van der Waals surface area contributed by atoms with Crippen LogP contribution in [0.15, 0.2) is 78.9 Å². The lowest BCUT2D eigenvalue weighted by molar-refractivity contribution is 0.264. The highest BCUT2D eigenvalue weighted by Gasteiger charge is 2.12. The predicted molar refractivity (Wildman–Crippen MR) is 123 cm³/mol. The average Bonchev–Trinajstić information content (AvgIpc) is 3.38. The van der Waals surface area contributed by atoms with Crippen LogP contribution in [0.25, 0.3) is 33.2 Å². The van der Waals surface area contributed by atoms with Gasteiger partial charge in [-0.05, 0) is 35.4 Å². The van der Waals surface area contributed by atoms with Gasteiger partial charge in [0.25, 0.3) is 0 Å². The van der Waals surface area contributed by atoms with E-state index in [4.69, 9.17) is 5.73 Å². The Kier molecular flexibility index (Phi) is 5.05. The number of hydrogen-bond acceptors (Lipinski definition) is 3. The molecular weight excluding hydrogens is 370 g/mol. The molecular formula is C25H25N5. The van der Waals surface area contributed by atoms with Crippen LogP contribution in [0.2, 0.25) is 0 Å². The molecule has 30 heavy (non-hydrogen) atoms. The number of para-hydroxylation sites is 1.